The van der Waals surface area contributed by atoms with Crippen LogP contribution in [0.4, 0.5) is 11.4 Å². The molecule has 0 bridgehead atoms. The maximum Gasteiger partial charge on any atom is 0.265 e. The quantitative estimate of drug-likeness (QED) is 0.0765. The van der Waals surface area contributed by atoms with Gasteiger partial charge in [0.1, 0.15) is 0 Å². The molecule has 4 aromatic rings. The van der Waals surface area contributed by atoms with Gasteiger partial charge in [-0.2, -0.15) is 0 Å². The lowest BCUT2D eigenvalue weighted by atomic mass is 9.93. The summed E-state index contributed by atoms with van der Waals surface area (Å²) in [7, 11) is 0. The van der Waals surface area contributed by atoms with Crippen molar-refractivity contribution in [3.8, 4) is 0 Å². The summed E-state index contributed by atoms with van der Waals surface area (Å²) in [6.45, 7) is 10.3. The van der Waals surface area contributed by atoms with Crippen molar-refractivity contribution in [1.82, 2.24) is 20.0 Å². The van der Waals surface area contributed by atoms with E-state index in [1.165, 1.54) is 14.2 Å². The standard InChI is InChI=1S/C22H24ClN3O3S.C20H20ClN3O3S.C2H5I/c1-2-25-11-8-14(9-12-25)10-13-26-21(28)15-4-3-5-16(19(15)22(26)29)24-20(27)17-6-7-18(23)30-17;21-16-5-4-15(28-16)18(25)23-14-3-1-2-13-17(14)20(27)24(19(13)26)11-8-12-6-9-22-10-7-12;1-2-3/h3-7,14H,2,8-13H2,1H3,(H,24,27);1-5,12,22H,6-11H2,(H,23,25);2H2,1H3. The molecule has 0 spiro atoms. The number of piperidine rings is 2. The van der Waals surface area contributed by atoms with E-state index in [1.54, 1.807) is 60.7 Å². The van der Waals surface area contributed by atoms with Crippen molar-refractivity contribution in [3.63, 3.8) is 0 Å². The zero-order chi connectivity index (χ0) is 43.6. The summed E-state index contributed by atoms with van der Waals surface area (Å²) in [5, 5.41) is 8.84. The monoisotopic (exact) mass is 1020 g/mol. The van der Waals surface area contributed by atoms with Crippen molar-refractivity contribution < 1.29 is 28.8 Å². The molecule has 0 radical (unpaired) electrons. The number of nitrogens with zero attached hydrogens (tertiary/aromatic N) is 3. The van der Waals surface area contributed by atoms with Gasteiger partial charge in [0.2, 0.25) is 0 Å². The molecule has 2 aromatic heterocycles. The molecular weight excluding hydrogens is 970 g/mol. The molecule has 4 aliphatic rings. The SMILES string of the molecule is CCI.CCN1CCC(CCN2C(=O)c3cccc(NC(=O)c4ccc(Cl)s4)c3C2=O)CC1.O=C(Nc1cccc2c1C(=O)N(CCC1CCNCC1)C2=O)c1ccc(Cl)s1. The molecule has 2 saturated heterocycles. The van der Waals surface area contributed by atoms with Crippen LogP contribution in [0.3, 0.4) is 0 Å². The highest BCUT2D eigenvalue weighted by Crippen LogP contribution is 2.34. The maximum atomic E-state index is 13.0. The molecule has 6 heterocycles. The Morgan fingerprint density at radius 3 is 1.49 bits per heavy atom. The van der Waals surface area contributed by atoms with E-state index in [1.807, 2.05) is 0 Å². The number of anilines is 2. The summed E-state index contributed by atoms with van der Waals surface area (Å²) in [5.41, 5.74) is 1.96. The van der Waals surface area contributed by atoms with E-state index in [0.29, 0.717) is 65.9 Å². The van der Waals surface area contributed by atoms with Gasteiger partial charge < -0.3 is 20.9 Å². The van der Waals surface area contributed by atoms with Gasteiger partial charge in [0.25, 0.3) is 35.4 Å². The topological polar surface area (TPSA) is 148 Å². The van der Waals surface area contributed by atoms with Gasteiger partial charge in [-0.3, -0.25) is 38.6 Å². The Morgan fingerprint density at radius 1 is 0.672 bits per heavy atom. The predicted molar refractivity (Wildman–Crippen MR) is 252 cm³/mol. The van der Waals surface area contributed by atoms with E-state index in [0.717, 1.165) is 93.9 Å². The van der Waals surface area contributed by atoms with Crippen LogP contribution in [-0.2, 0) is 0 Å². The molecule has 4 aliphatic heterocycles. The van der Waals surface area contributed by atoms with E-state index in [-0.39, 0.29) is 46.6 Å². The molecule has 2 fully saturated rings. The Balaban J connectivity index is 0.000000192. The van der Waals surface area contributed by atoms with Crippen molar-refractivity contribution >= 4 is 115 Å². The number of thiophene rings is 2. The van der Waals surface area contributed by atoms with Gasteiger partial charge in [-0.05, 0) is 136 Å². The largest absolute Gasteiger partial charge is 0.321 e. The lowest BCUT2D eigenvalue weighted by Gasteiger charge is -2.31. The number of benzene rings is 2. The number of hydrogen-bond acceptors (Lipinski definition) is 10. The third kappa shape index (κ3) is 11.5. The summed E-state index contributed by atoms with van der Waals surface area (Å²) < 4.78 is 2.25. The molecule has 0 atom stereocenters. The highest BCUT2D eigenvalue weighted by molar-refractivity contribution is 14.1. The normalized spacial score (nSPS) is 16.7. The van der Waals surface area contributed by atoms with Crippen LogP contribution in [0.2, 0.25) is 8.67 Å². The average Bonchev–Trinajstić information content (AvgIpc) is 4.02. The molecule has 2 aromatic carbocycles. The first-order valence-electron chi connectivity index (χ1n) is 20.5. The fourth-order valence-corrected chi connectivity index (χ4v) is 9.78. The van der Waals surface area contributed by atoms with Crippen LogP contribution in [-0.4, -0.2) is 100 Å². The molecule has 0 saturated carbocycles. The minimum absolute atomic E-state index is 0.272. The molecule has 0 unspecified atom stereocenters. The van der Waals surface area contributed by atoms with Gasteiger partial charge >= 0.3 is 0 Å². The van der Waals surface area contributed by atoms with Crippen LogP contribution in [0.5, 0.6) is 0 Å². The zero-order valence-corrected chi connectivity index (χ0v) is 39.4. The number of halogens is 3. The fourth-order valence-electron chi connectivity index (χ4n) is 7.91. The van der Waals surface area contributed by atoms with E-state index in [2.05, 4.69) is 57.3 Å². The minimum atomic E-state index is -0.348. The van der Waals surface area contributed by atoms with Crippen LogP contribution < -0.4 is 16.0 Å². The first-order chi connectivity index (χ1) is 29.4. The molecule has 6 amide bonds. The second kappa shape index (κ2) is 22.1. The highest BCUT2D eigenvalue weighted by atomic mass is 127. The summed E-state index contributed by atoms with van der Waals surface area (Å²) in [6, 6.07) is 16.5. The fraction of sp³-hybridized carbons (Fsp3) is 0.409. The predicted octanol–water partition coefficient (Wildman–Crippen LogP) is 9.45. The molecular formula is C44H49Cl2IN6O6S2. The smallest absolute Gasteiger partial charge is 0.265 e. The third-order valence-corrected chi connectivity index (χ3v) is 13.7. The number of nitrogens with one attached hydrogen (secondary N) is 3. The number of likely N-dealkylation sites (tertiary alicyclic amines) is 1. The minimum Gasteiger partial charge on any atom is -0.321 e. The molecule has 61 heavy (non-hydrogen) atoms. The number of fused-ring (bicyclic) bond motifs is 2. The third-order valence-electron chi connectivity index (χ3n) is 11.2. The van der Waals surface area contributed by atoms with Gasteiger partial charge in [0.15, 0.2) is 0 Å². The van der Waals surface area contributed by atoms with Gasteiger partial charge in [0.05, 0.1) is 52.1 Å². The van der Waals surface area contributed by atoms with Crippen molar-refractivity contribution in [2.24, 2.45) is 11.8 Å². The van der Waals surface area contributed by atoms with Crippen LogP contribution in [0.15, 0.2) is 60.7 Å². The number of carbonyl (C=O) groups is 6. The van der Waals surface area contributed by atoms with Crippen molar-refractivity contribution in [3.05, 3.63) is 101 Å². The van der Waals surface area contributed by atoms with Crippen LogP contribution in [0, 0.1) is 11.8 Å². The summed E-state index contributed by atoms with van der Waals surface area (Å²) in [6.07, 6.45) is 5.95. The average molecular weight is 1020 g/mol. The lowest BCUT2D eigenvalue weighted by Crippen LogP contribution is -2.36. The number of alkyl halides is 1. The molecule has 17 heteroatoms. The zero-order valence-electron chi connectivity index (χ0n) is 34.1. The van der Waals surface area contributed by atoms with Gasteiger partial charge in [-0.1, -0.05) is 71.8 Å². The van der Waals surface area contributed by atoms with E-state index < -0.39 is 0 Å². The molecule has 8 rings (SSSR count). The number of hydrogen-bond donors (Lipinski definition) is 3. The first-order valence-corrected chi connectivity index (χ1v) is 24.5. The highest BCUT2D eigenvalue weighted by Gasteiger charge is 2.39. The van der Waals surface area contributed by atoms with Crippen molar-refractivity contribution in [1.29, 1.82) is 0 Å². The first kappa shape index (κ1) is 46.8. The van der Waals surface area contributed by atoms with E-state index in [9.17, 15) is 28.8 Å². The number of imide groups is 2. The van der Waals surface area contributed by atoms with Crippen molar-refractivity contribution in [2.45, 2.75) is 52.4 Å². The Morgan fingerprint density at radius 2 is 1.10 bits per heavy atom. The number of rotatable bonds is 11. The summed E-state index contributed by atoms with van der Waals surface area (Å²) in [5.74, 6) is -0.885. The van der Waals surface area contributed by atoms with Gasteiger partial charge in [-0.15, -0.1) is 22.7 Å². The van der Waals surface area contributed by atoms with Gasteiger partial charge in [0, 0.05) is 13.1 Å². The Bertz CT molecular complexity index is 2250. The van der Waals surface area contributed by atoms with Crippen LogP contribution in [0.1, 0.15) is 113 Å². The second-order valence-corrected chi connectivity index (χ2v) is 20.0. The van der Waals surface area contributed by atoms with Gasteiger partial charge in [-0.25, -0.2) is 0 Å². The molecule has 0 aliphatic carbocycles. The number of carbonyl (C=O) groups excluding carboxylic acids is 6. The second-order valence-electron chi connectivity index (χ2n) is 15.0. The molecule has 324 valence electrons. The van der Waals surface area contributed by atoms with Crippen molar-refractivity contribution in [2.75, 3.05) is 60.9 Å². The summed E-state index contributed by atoms with van der Waals surface area (Å²) >= 11 is 16.4. The molecule has 3 N–H and O–H groups in total. The van der Waals surface area contributed by atoms with E-state index >= 15 is 0 Å². The van der Waals surface area contributed by atoms with Crippen LogP contribution >= 0.6 is 68.5 Å². The molecule has 12 nitrogen and oxygen atoms in total. The van der Waals surface area contributed by atoms with E-state index in [4.69, 9.17) is 23.2 Å². The Hall–Kier alpha value is -3.71. The Kier molecular flexibility index (Phi) is 16.9. The Labute approximate surface area is 387 Å². The number of amides is 6. The summed E-state index contributed by atoms with van der Waals surface area (Å²) in [4.78, 5) is 82.5. The van der Waals surface area contributed by atoms with Crippen LogP contribution in [0.25, 0.3) is 0 Å². The lowest BCUT2D eigenvalue weighted by molar-refractivity contribution is 0.0624. The maximum absolute atomic E-state index is 13.0.